The molecule has 132 valence electrons. The largest absolute Gasteiger partial charge is 0.486 e. The van der Waals surface area contributed by atoms with Crippen molar-refractivity contribution in [2.75, 3.05) is 13.2 Å². The van der Waals surface area contributed by atoms with E-state index in [1.54, 1.807) is 0 Å². The maximum atomic E-state index is 6.01. The molecule has 4 rings (SSSR count). The minimum Gasteiger partial charge on any atom is -0.486 e. The van der Waals surface area contributed by atoms with Crippen molar-refractivity contribution in [3.8, 4) is 23.0 Å². The molecule has 0 atom stereocenters. The average Bonchev–Trinajstić information content (AvgIpc) is 2.70. The minimum absolute atomic E-state index is 0.605. The first-order valence-electron chi connectivity index (χ1n) is 8.78. The number of hydrogen-bond acceptors (Lipinski definition) is 4. The van der Waals surface area contributed by atoms with Crippen LogP contribution in [0.5, 0.6) is 23.0 Å². The van der Waals surface area contributed by atoms with Gasteiger partial charge in [0, 0.05) is 18.7 Å². The summed E-state index contributed by atoms with van der Waals surface area (Å²) in [6.07, 6.45) is 0. The molecule has 1 aliphatic rings. The first kappa shape index (κ1) is 16.5. The van der Waals surface area contributed by atoms with E-state index in [2.05, 4.69) is 17.4 Å². The van der Waals surface area contributed by atoms with Crippen molar-refractivity contribution in [1.29, 1.82) is 0 Å². The molecule has 0 saturated heterocycles. The zero-order chi connectivity index (χ0) is 17.6. The van der Waals surface area contributed by atoms with Crippen LogP contribution in [0.2, 0.25) is 0 Å². The van der Waals surface area contributed by atoms with Crippen molar-refractivity contribution in [2.24, 2.45) is 0 Å². The standard InChI is InChI=1S/C22H21NO3/c1-2-7-19(8-3-1)26-20-9-5-4-6-18(20)16-23-15-17-10-11-21-22(14-17)25-13-12-24-21/h1-11,14,23H,12-13,15-16H2. The summed E-state index contributed by atoms with van der Waals surface area (Å²) in [5.74, 6) is 3.35. The van der Waals surface area contributed by atoms with Gasteiger partial charge in [0.15, 0.2) is 11.5 Å². The third-order valence-corrected chi connectivity index (χ3v) is 4.19. The van der Waals surface area contributed by atoms with E-state index in [1.807, 2.05) is 60.7 Å². The van der Waals surface area contributed by atoms with Gasteiger partial charge in [-0.15, -0.1) is 0 Å². The molecule has 1 N–H and O–H groups in total. The van der Waals surface area contributed by atoms with Crippen LogP contribution < -0.4 is 19.5 Å². The summed E-state index contributed by atoms with van der Waals surface area (Å²) in [7, 11) is 0. The average molecular weight is 347 g/mol. The maximum absolute atomic E-state index is 6.01. The molecule has 26 heavy (non-hydrogen) atoms. The van der Waals surface area contributed by atoms with Gasteiger partial charge in [-0.2, -0.15) is 0 Å². The molecular weight excluding hydrogens is 326 g/mol. The lowest BCUT2D eigenvalue weighted by molar-refractivity contribution is 0.171. The Morgan fingerprint density at radius 1 is 0.769 bits per heavy atom. The fraction of sp³-hybridized carbons (Fsp3) is 0.182. The summed E-state index contributed by atoms with van der Waals surface area (Å²) in [6.45, 7) is 2.69. The van der Waals surface area contributed by atoms with Crippen LogP contribution in [0.1, 0.15) is 11.1 Å². The highest BCUT2D eigenvalue weighted by atomic mass is 16.6. The topological polar surface area (TPSA) is 39.7 Å². The first-order valence-corrected chi connectivity index (χ1v) is 8.78. The monoisotopic (exact) mass is 347 g/mol. The van der Waals surface area contributed by atoms with Gasteiger partial charge in [0.2, 0.25) is 0 Å². The molecule has 3 aromatic carbocycles. The summed E-state index contributed by atoms with van der Waals surface area (Å²) < 4.78 is 17.2. The molecule has 0 aromatic heterocycles. The van der Waals surface area contributed by atoms with E-state index < -0.39 is 0 Å². The highest BCUT2D eigenvalue weighted by molar-refractivity contribution is 5.44. The Bertz CT molecular complexity index is 864. The third kappa shape index (κ3) is 3.98. The molecule has 0 fully saturated rings. The molecule has 0 bridgehead atoms. The zero-order valence-electron chi connectivity index (χ0n) is 14.5. The predicted octanol–water partition coefficient (Wildman–Crippen LogP) is 4.54. The van der Waals surface area contributed by atoms with Crippen molar-refractivity contribution in [2.45, 2.75) is 13.1 Å². The fourth-order valence-corrected chi connectivity index (χ4v) is 2.90. The maximum Gasteiger partial charge on any atom is 0.161 e. The van der Waals surface area contributed by atoms with E-state index in [9.17, 15) is 0 Å². The van der Waals surface area contributed by atoms with Crippen LogP contribution in [0.15, 0.2) is 72.8 Å². The Labute approximate surface area is 153 Å². The molecule has 0 unspecified atom stereocenters. The summed E-state index contributed by atoms with van der Waals surface area (Å²) in [5, 5.41) is 3.47. The predicted molar refractivity (Wildman–Crippen MR) is 101 cm³/mol. The molecule has 0 spiro atoms. The van der Waals surface area contributed by atoms with Gasteiger partial charge in [-0.1, -0.05) is 42.5 Å². The Morgan fingerprint density at radius 2 is 1.54 bits per heavy atom. The van der Waals surface area contributed by atoms with Crippen molar-refractivity contribution in [3.63, 3.8) is 0 Å². The molecule has 0 amide bonds. The highest BCUT2D eigenvalue weighted by Crippen LogP contribution is 2.31. The van der Waals surface area contributed by atoms with Crippen LogP contribution in [0.25, 0.3) is 0 Å². The van der Waals surface area contributed by atoms with Crippen LogP contribution in [-0.2, 0) is 13.1 Å². The minimum atomic E-state index is 0.605. The Morgan fingerprint density at radius 3 is 2.42 bits per heavy atom. The lowest BCUT2D eigenvalue weighted by Crippen LogP contribution is -2.17. The summed E-state index contributed by atoms with van der Waals surface area (Å²) >= 11 is 0. The van der Waals surface area contributed by atoms with Crippen molar-refractivity contribution in [3.05, 3.63) is 83.9 Å². The number of benzene rings is 3. The lowest BCUT2D eigenvalue weighted by atomic mass is 10.1. The zero-order valence-corrected chi connectivity index (χ0v) is 14.5. The molecular formula is C22H21NO3. The molecule has 1 aliphatic heterocycles. The molecule has 0 aliphatic carbocycles. The lowest BCUT2D eigenvalue weighted by Gasteiger charge is -2.19. The molecule has 0 radical (unpaired) electrons. The van der Waals surface area contributed by atoms with Gasteiger partial charge in [-0.3, -0.25) is 0 Å². The number of hydrogen-bond donors (Lipinski definition) is 1. The summed E-state index contributed by atoms with van der Waals surface area (Å²) in [6, 6.07) is 24.0. The van der Waals surface area contributed by atoms with Gasteiger partial charge in [0.25, 0.3) is 0 Å². The van der Waals surface area contributed by atoms with Crippen LogP contribution >= 0.6 is 0 Å². The normalized spacial score (nSPS) is 12.6. The van der Waals surface area contributed by atoms with E-state index in [1.165, 1.54) is 0 Å². The van der Waals surface area contributed by atoms with Crippen LogP contribution in [0.3, 0.4) is 0 Å². The SMILES string of the molecule is c1ccc(Oc2ccccc2CNCc2ccc3c(c2)OCCO3)cc1. The van der Waals surface area contributed by atoms with E-state index in [0.717, 1.165) is 47.2 Å². The fourth-order valence-electron chi connectivity index (χ4n) is 2.90. The second-order valence-corrected chi connectivity index (χ2v) is 6.10. The molecule has 4 nitrogen and oxygen atoms in total. The van der Waals surface area contributed by atoms with Gasteiger partial charge in [0.1, 0.15) is 24.7 Å². The van der Waals surface area contributed by atoms with Crippen LogP contribution in [0.4, 0.5) is 0 Å². The van der Waals surface area contributed by atoms with Crippen molar-refractivity contribution >= 4 is 0 Å². The highest BCUT2D eigenvalue weighted by Gasteiger charge is 2.11. The molecule has 0 saturated carbocycles. The van der Waals surface area contributed by atoms with Crippen LogP contribution in [0, 0.1) is 0 Å². The van der Waals surface area contributed by atoms with E-state index in [4.69, 9.17) is 14.2 Å². The van der Waals surface area contributed by atoms with Gasteiger partial charge in [0.05, 0.1) is 0 Å². The number of rotatable bonds is 6. The Kier molecular flexibility index (Phi) is 5.03. The third-order valence-electron chi connectivity index (χ3n) is 4.19. The first-order chi connectivity index (χ1) is 12.9. The van der Waals surface area contributed by atoms with Gasteiger partial charge in [-0.25, -0.2) is 0 Å². The van der Waals surface area contributed by atoms with Gasteiger partial charge >= 0.3 is 0 Å². The van der Waals surface area contributed by atoms with E-state index >= 15 is 0 Å². The second kappa shape index (κ2) is 7.93. The summed E-state index contributed by atoms with van der Waals surface area (Å²) in [5.41, 5.74) is 2.28. The smallest absolute Gasteiger partial charge is 0.161 e. The van der Waals surface area contributed by atoms with Crippen molar-refractivity contribution < 1.29 is 14.2 Å². The number of para-hydroxylation sites is 2. The van der Waals surface area contributed by atoms with Gasteiger partial charge < -0.3 is 19.5 Å². The van der Waals surface area contributed by atoms with Gasteiger partial charge in [-0.05, 0) is 35.9 Å². The number of nitrogens with one attached hydrogen (secondary N) is 1. The van der Waals surface area contributed by atoms with E-state index in [-0.39, 0.29) is 0 Å². The van der Waals surface area contributed by atoms with Crippen molar-refractivity contribution in [1.82, 2.24) is 5.32 Å². The number of fused-ring (bicyclic) bond motifs is 1. The summed E-state index contributed by atoms with van der Waals surface area (Å²) in [4.78, 5) is 0. The Balaban J connectivity index is 1.39. The van der Waals surface area contributed by atoms with E-state index in [0.29, 0.717) is 13.2 Å². The quantitative estimate of drug-likeness (QED) is 0.711. The molecule has 1 heterocycles. The molecule has 4 heteroatoms. The second-order valence-electron chi connectivity index (χ2n) is 6.10. The number of ether oxygens (including phenoxy) is 3. The molecule has 3 aromatic rings. The van der Waals surface area contributed by atoms with Crippen LogP contribution in [-0.4, -0.2) is 13.2 Å². The Hall–Kier alpha value is -2.98.